The molecule has 1 fully saturated rings. The first-order chi connectivity index (χ1) is 8.46. The van der Waals surface area contributed by atoms with Crippen molar-refractivity contribution in [3.63, 3.8) is 0 Å². The Morgan fingerprint density at radius 2 is 2.28 bits per heavy atom. The highest BCUT2D eigenvalue weighted by molar-refractivity contribution is 8.01. The van der Waals surface area contributed by atoms with Gasteiger partial charge in [-0.25, -0.2) is 8.42 Å². The fraction of sp³-hybridized carbons (Fsp3) is 0.500. The summed E-state index contributed by atoms with van der Waals surface area (Å²) in [5.74, 6) is -0.574. The van der Waals surface area contributed by atoms with Crippen LogP contribution in [0.2, 0.25) is 0 Å². The molecule has 1 aromatic heterocycles. The number of hydrogen-bond donors (Lipinski definition) is 1. The molecule has 1 unspecified atom stereocenters. The zero-order chi connectivity index (χ0) is 13.3. The number of thioether (sulfide) groups is 1. The van der Waals surface area contributed by atoms with Gasteiger partial charge in [-0.3, -0.25) is 4.79 Å². The molecule has 5 nitrogen and oxygen atoms in total. The molecular formula is C10H13NO4S3. The fourth-order valence-electron chi connectivity index (χ4n) is 1.66. The molecule has 1 aliphatic heterocycles. The summed E-state index contributed by atoms with van der Waals surface area (Å²) in [7, 11) is -3.67. The van der Waals surface area contributed by atoms with Crippen molar-refractivity contribution < 1.29 is 18.3 Å². The van der Waals surface area contributed by atoms with Crippen molar-refractivity contribution in [3.8, 4) is 0 Å². The summed E-state index contributed by atoms with van der Waals surface area (Å²) >= 11 is 2.53. The van der Waals surface area contributed by atoms with E-state index in [1.54, 1.807) is 12.1 Å². The minimum Gasteiger partial charge on any atom is -0.480 e. The minimum atomic E-state index is -3.67. The highest BCUT2D eigenvalue weighted by Gasteiger charge is 2.40. The van der Waals surface area contributed by atoms with Gasteiger partial charge in [-0.05, 0) is 18.6 Å². The van der Waals surface area contributed by atoms with E-state index in [2.05, 4.69) is 0 Å². The van der Waals surface area contributed by atoms with Crippen molar-refractivity contribution in [3.05, 3.63) is 17.0 Å². The molecule has 8 heteroatoms. The van der Waals surface area contributed by atoms with Gasteiger partial charge in [-0.1, -0.05) is 6.92 Å². The van der Waals surface area contributed by atoms with Crippen LogP contribution in [-0.2, 0) is 21.2 Å². The van der Waals surface area contributed by atoms with Gasteiger partial charge < -0.3 is 5.11 Å². The summed E-state index contributed by atoms with van der Waals surface area (Å²) in [6.45, 7) is 1.95. The van der Waals surface area contributed by atoms with Crippen LogP contribution in [0, 0.1) is 0 Å². The minimum absolute atomic E-state index is 0.207. The number of aryl methyl sites for hydroxylation is 1. The Hall–Kier alpha value is -0.570. The first-order valence-corrected chi connectivity index (χ1v) is 8.79. The van der Waals surface area contributed by atoms with E-state index in [0.29, 0.717) is 5.75 Å². The Balaban J connectivity index is 2.33. The van der Waals surface area contributed by atoms with E-state index in [-0.39, 0.29) is 10.1 Å². The first-order valence-electron chi connectivity index (χ1n) is 5.38. The van der Waals surface area contributed by atoms with Gasteiger partial charge in [0.2, 0.25) is 0 Å². The SMILES string of the molecule is CCc1ccc(S(=O)(=O)N2CSCC2C(=O)O)s1. The van der Waals surface area contributed by atoms with Crippen LogP contribution in [-0.4, -0.2) is 41.5 Å². The number of aliphatic carboxylic acids is 1. The molecule has 2 rings (SSSR count). The summed E-state index contributed by atoms with van der Waals surface area (Å²) in [6.07, 6.45) is 0.775. The summed E-state index contributed by atoms with van der Waals surface area (Å²) in [6, 6.07) is 2.38. The predicted molar refractivity (Wildman–Crippen MR) is 71.5 cm³/mol. The first kappa shape index (κ1) is 13.9. The summed E-state index contributed by atoms with van der Waals surface area (Å²) in [5.41, 5.74) is 0. The molecule has 0 aliphatic carbocycles. The van der Waals surface area contributed by atoms with Gasteiger partial charge in [0.05, 0.1) is 5.88 Å². The quantitative estimate of drug-likeness (QED) is 0.911. The average Bonchev–Trinajstić information content (AvgIpc) is 2.98. The van der Waals surface area contributed by atoms with E-state index in [1.165, 1.54) is 23.1 Å². The molecule has 1 atom stereocenters. The topological polar surface area (TPSA) is 74.7 Å². The van der Waals surface area contributed by atoms with Gasteiger partial charge in [-0.15, -0.1) is 23.1 Å². The molecular weight excluding hydrogens is 294 g/mol. The third-order valence-corrected chi connectivity index (χ3v) is 7.40. The van der Waals surface area contributed by atoms with Gasteiger partial charge in [0.15, 0.2) is 0 Å². The third-order valence-electron chi connectivity index (χ3n) is 2.68. The molecule has 1 aromatic rings. The molecule has 0 aromatic carbocycles. The Morgan fingerprint density at radius 3 is 2.83 bits per heavy atom. The van der Waals surface area contributed by atoms with Crippen LogP contribution in [0.25, 0.3) is 0 Å². The molecule has 0 radical (unpaired) electrons. The van der Waals surface area contributed by atoms with Crippen LogP contribution in [0.3, 0.4) is 0 Å². The normalized spacial score (nSPS) is 21.3. The number of thiophene rings is 1. The second-order valence-electron chi connectivity index (χ2n) is 3.82. The molecule has 0 amide bonds. The van der Waals surface area contributed by atoms with Crippen molar-refractivity contribution >= 4 is 39.1 Å². The Kier molecular flexibility index (Phi) is 4.00. The van der Waals surface area contributed by atoms with E-state index in [4.69, 9.17) is 5.11 Å². The highest BCUT2D eigenvalue weighted by Crippen LogP contribution is 2.31. The fourth-order valence-corrected chi connectivity index (χ4v) is 6.22. The zero-order valence-electron chi connectivity index (χ0n) is 9.70. The van der Waals surface area contributed by atoms with E-state index in [1.807, 2.05) is 6.92 Å². The van der Waals surface area contributed by atoms with Crippen LogP contribution >= 0.6 is 23.1 Å². The monoisotopic (exact) mass is 307 g/mol. The number of nitrogens with zero attached hydrogens (tertiary/aromatic N) is 1. The third kappa shape index (κ3) is 2.42. The number of carboxylic acids is 1. The maximum Gasteiger partial charge on any atom is 0.322 e. The van der Waals surface area contributed by atoms with Crippen molar-refractivity contribution in [1.29, 1.82) is 0 Å². The average molecular weight is 307 g/mol. The number of hydrogen-bond acceptors (Lipinski definition) is 5. The lowest BCUT2D eigenvalue weighted by Crippen LogP contribution is -2.41. The van der Waals surface area contributed by atoms with Gasteiger partial charge >= 0.3 is 5.97 Å². The second kappa shape index (κ2) is 5.20. The standard InChI is InChI=1S/C10H13NO4S3/c1-2-7-3-4-9(17-7)18(14,15)11-6-16-5-8(11)10(12)13/h3-4,8H,2,5-6H2,1H3,(H,12,13). The molecule has 1 aliphatic rings. The number of carboxylic acid groups (broad SMARTS) is 1. The van der Waals surface area contributed by atoms with Crippen molar-refractivity contribution in [2.45, 2.75) is 23.6 Å². The molecule has 2 heterocycles. The predicted octanol–water partition coefficient (Wildman–Crippen LogP) is 1.46. The van der Waals surface area contributed by atoms with Crippen molar-refractivity contribution in [1.82, 2.24) is 4.31 Å². The van der Waals surface area contributed by atoms with Crippen LogP contribution in [0.5, 0.6) is 0 Å². The molecule has 100 valence electrons. The lowest BCUT2D eigenvalue weighted by Gasteiger charge is -2.18. The van der Waals surface area contributed by atoms with E-state index < -0.39 is 22.0 Å². The van der Waals surface area contributed by atoms with Crippen LogP contribution in [0.4, 0.5) is 0 Å². The van der Waals surface area contributed by atoms with E-state index >= 15 is 0 Å². The molecule has 1 N–H and O–H groups in total. The summed E-state index contributed by atoms with van der Waals surface area (Å²) in [4.78, 5) is 12.0. The second-order valence-corrected chi connectivity index (χ2v) is 8.11. The molecule has 18 heavy (non-hydrogen) atoms. The van der Waals surface area contributed by atoms with Crippen LogP contribution in [0.1, 0.15) is 11.8 Å². The summed E-state index contributed by atoms with van der Waals surface area (Å²) < 4.78 is 26.0. The lowest BCUT2D eigenvalue weighted by molar-refractivity contribution is -0.140. The Labute approximate surface area is 114 Å². The van der Waals surface area contributed by atoms with Crippen molar-refractivity contribution in [2.24, 2.45) is 0 Å². The van der Waals surface area contributed by atoms with Crippen molar-refractivity contribution in [2.75, 3.05) is 11.6 Å². The largest absolute Gasteiger partial charge is 0.480 e. The molecule has 0 spiro atoms. The Morgan fingerprint density at radius 1 is 1.56 bits per heavy atom. The highest BCUT2D eigenvalue weighted by atomic mass is 32.2. The van der Waals surface area contributed by atoms with E-state index in [9.17, 15) is 13.2 Å². The number of sulfonamides is 1. The van der Waals surface area contributed by atoms with Gasteiger partial charge in [0.1, 0.15) is 10.3 Å². The van der Waals surface area contributed by atoms with Gasteiger partial charge in [0.25, 0.3) is 10.0 Å². The number of rotatable bonds is 4. The lowest BCUT2D eigenvalue weighted by atomic mass is 10.4. The molecule has 1 saturated heterocycles. The molecule has 0 bridgehead atoms. The maximum atomic E-state index is 12.3. The Bertz CT molecular complexity index is 551. The molecule has 0 saturated carbocycles. The zero-order valence-corrected chi connectivity index (χ0v) is 12.1. The number of carbonyl (C=O) groups is 1. The van der Waals surface area contributed by atoms with Gasteiger partial charge in [0, 0.05) is 10.6 Å². The maximum absolute atomic E-state index is 12.3. The summed E-state index contributed by atoms with van der Waals surface area (Å²) in [5, 5.41) is 9.03. The van der Waals surface area contributed by atoms with E-state index in [0.717, 1.165) is 15.6 Å². The smallest absolute Gasteiger partial charge is 0.322 e. The van der Waals surface area contributed by atoms with Gasteiger partial charge in [-0.2, -0.15) is 4.31 Å². The van der Waals surface area contributed by atoms with Crippen LogP contribution in [0.15, 0.2) is 16.3 Å². The van der Waals surface area contributed by atoms with Crippen LogP contribution < -0.4 is 0 Å².